The molecule has 1 amide bonds. The summed E-state index contributed by atoms with van der Waals surface area (Å²) in [6.07, 6.45) is -4.06. The summed E-state index contributed by atoms with van der Waals surface area (Å²) in [5.74, 6) is -4.41. The second-order valence-corrected chi connectivity index (χ2v) is 7.38. The fourth-order valence-corrected chi connectivity index (χ4v) is 3.65. The van der Waals surface area contributed by atoms with Gasteiger partial charge in [-0.2, -0.15) is 0 Å². The van der Waals surface area contributed by atoms with Gasteiger partial charge in [0.05, 0.1) is 6.04 Å². The molecule has 0 aliphatic carbocycles. The first-order valence-corrected chi connectivity index (χ1v) is 9.66. The third kappa shape index (κ3) is 6.62. The van der Waals surface area contributed by atoms with Gasteiger partial charge in [0.2, 0.25) is 11.7 Å². The van der Waals surface area contributed by atoms with E-state index in [1.807, 2.05) is 0 Å². The quantitative estimate of drug-likeness (QED) is 0.375. The van der Waals surface area contributed by atoms with E-state index in [2.05, 4.69) is 5.32 Å². The molecule has 174 valence electrons. The Labute approximate surface area is 178 Å². The number of ether oxygens (including phenoxy) is 6. The van der Waals surface area contributed by atoms with E-state index in [1.165, 1.54) is 34.6 Å². The van der Waals surface area contributed by atoms with Gasteiger partial charge < -0.3 is 33.7 Å². The van der Waals surface area contributed by atoms with Crippen LogP contribution in [-0.4, -0.2) is 79.2 Å². The Morgan fingerprint density at radius 3 is 2.10 bits per heavy atom. The summed E-state index contributed by atoms with van der Waals surface area (Å²) in [5.41, 5.74) is 0. The van der Waals surface area contributed by atoms with Crippen molar-refractivity contribution >= 4 is 29.8 Å². The van der Waals surface area contributed by atoms with E-state index in [0.29, 0.717) is 0 Å². The standard InChI is InChI=1S/C19H27NO11/c1-9(21)20-16-14(28-12(4)24)6-19(8-27-11(3)23)30-17(18(16)31-19)15(29-13(5)25)7-26-10(2)22/h14-18H,6-8H2,1-5H3,(H,20,21)/t14-,15+,16+,17+,18+,19+/m0/s1. The minimum atomic E-state index is -1.52. The van der Waals surface area contributed by atoms with E-state index in [4.69, 9.17) is 28.4 Å². The molecule has 2 aliphatic heterocycles. The molecule has 0 saturated carbocycles. The normalized spacial score (nSPS) is 30.0. The van der Waals surface area contributed by atoms with Gasteiger partial charge in [-0.15, -0.1) is 0 Å². The molecule has 2 fully saturated rings. The molecule has 0 radical (unpaired) electrons. The molecule has 0 aromatic carbocycles. The molecule has 2 saturated heterocycles. The Morgan fingerprint density at radius 2 is 1.58 bits per heavy atom. The van der Waals surface area contributed by atoms with Gasteiger partial charge in [-0.05, 0) is 0 Å². The highest BCUT2D eigenvalue weighted by Gasteiger charge is 2.62. The molecule has 0 aromatic rings. The number of rotatable bonds is 8. The number of carbonyl (C=O) groups excluding carboxylic acids is 5. The number of hydrogen-bond donors (Lipinski definition) is 1. The van der Waals surface area contributed by atoms with Crippen molar-refractivity contribution in [2.24, 2.45) is 0 Å². The highest BCUT2D eigenvalue weighted by molar-refractivity contribution is 5.73. The SMILES string of the molecule is CC(=O)N[C@H]1[C@H]2O[C@@](COC(C)=O)(C[C@@H]1OC(C)=O)O[C@@H]2[C@@H](COC(C)=O)OC(C)=O. The van der Waals surface area contributed by atoms with Crippen LogP contribution in [-0.2, 0) is 52.4 Å². The summed E-state index contributed by atoms with van der Waals surface area (Å²) in [5, 5.41) is 2.67. The third-order valence-electron chi connectivity index (χ3n) is 4.61. The van der Waals surface area contributed by atoms with Gasteiger partial charge in [-0.1, -0.05) is 0 Å². The zero-order valence-electron chi connectivity index (χ0n) is 18.0. The van der Waals surface area contributed by atoms with E-state index in [-0.39, 0.29) is 19.6 Å². The molecule has 6 atom stereocenters. The van der Waals surface area contributed by atoms with Crippen molar-refractivity contribution in [2.45, 2.75) is 77.3 Å². The highest BCUT2D eigenvalue weighted by atomic mass is 16.8. The van der Waals surface area contributed by atoms with Gasteiger partial charge in [0.15, 0.2) is 6.10 Å². The van der Waals surface area contributed by atoms with Gasteiger partial charge >= 0.3 is 23.9 Å². The maximum atomic E-state index is 11.8. The first-order valence-electron chi connectivity index (χ1n) is 9.66. The summed E-state index contributed by atoms with van der Waals surface area (Å²) in [4.78, 5) is 57.8. The molecular formula is C19H27NO11. The fourth-order valence-electron chi connectivity index (χ4n) is 3.65. The fraction of sp³-hybridized carbons (Fsp3) is 0.737. The average Bonchev–Trinajstić information content (AvgIpc) is 2.94. The zero-order chi connectivity index (χ0) is 23.3. The summed E-state index contributed by atoms with van der Waals surface area (Å²) in [7, 11) is 0. The van der Waals surface area contributed by atoms with Crippen LogP contribution in [0.5, 0.6) is 0 Å². The van der Waals surface area contributed by atoms with E-state index in [0.717, 1.165) is 0 Å². The number of fused-ring (bicyclic) bond motifs is 2. The Hall–Kier alpha value is -2.73. The maximum absolute atomic E-state index is 11.8. The van der Waals surface area contributed by atoms with E-state index in [9.17, 15) is 24.0 Å². The number of esters is 4. The average molecular weight is 445 g/mol. The van der Waals surface area contributed by atoms with Crippen LogP contribution in [0.25, 0.3) is 0 Å². The van der Waals surface area contributed by atoms with Gasteiger partial charge in [-0.3, -0.25) is 24.0 Å². The van der Waals surface area contributed by atoms with Crippen molar-refractivity contribution in [2.75, 3.05) is 13.2 Å². The number of carbonyl (C=O) groups is 5. The predicted molar refractivity (Wildman–Crippen MR) is 99.1 cm³/mol. The molecule has 1 N–H and O–H groups in total. The number of hydrogen-bond acceptors (Lipinski definition) is 11. The molecule has 12 heteroatoms. The minimum Gasteiger partial charge on any atom is -0.462 e. The van der Waals surface area contributed by atoms with Crippen molar-refractivity contribution in [3.05, 3.63) is 0 Å². The Kier molecular flexibility index (Phi) is 7.96. The molecular weight excluding hydrogens is 418 g/mol. The van der Waals surface area contributed by atoms with Crippen molar-refractivity contribution in [3.63, 3.8) is 0 Å². The second kappa shape index (κ2) is 10.1. The lowest BCUT2D eigenvalue weighted by Gasteiger charge is -2.40. The van der Waals surface area contributed by atoms with Gasteiger partial charge in [-0.25, -0.2) is 0 Å². The van der Waals surface area contributed by atoms with E-state index < -0.39 is 66.0 Å². The summed E-state index contributed by atoms with van der Waals surface area (Å²) in [6, 6.07) is -0.866. The summed E-state index contributed by atoms with van der Waals surface area (Å²) in [6.45, 7) is 5.38. The Balaban J connectivity index is 2.41. The van der Waals surface area contributed by atoms with Gasteiger partial charge in [0.1, 0.15) is 31.5 Å². The molecule has 0 unspecified atom stereocenters. The zero-order valence-corrected chi connectivity index (χ0v) is 18.0. The largest absolute Gasteiger partial charge is 0.462 e. The van der Waals surface area contributed by atoms with Gasteiger partial charge in [0.25, 0.3) is 0 Å². The van der Waals surface area contributed by atoms with Crippen LogP contribution in [0.2, 0.25) is 0 Å². The van der Waals surface area contributed by atoms with E-state index >= 15 is 0 Å². The Morgan fingerprint density at radius 1 is 0.935 bits per heavy atom. The van der Waals surface area contributed by atoms with Crippen molar-refractivity contribution in [1.29, 1.82) is 0 Å². The lowest BCUT2D eigenvalue weighted by molar-refractivity contribution is -0.248. The Bertz CT molecular complexity index is 738. The topological polar surface area (TPSA) is 153 Å². The lowest BCUT2D eigenvalue weighted by Crippen LogP contribution is -2.61. The van der Waals surface area contributed by atoms with Crippen LogP contribution in [0.4, 0.5) is 0 Å². The molecule has 2 rings (SSSR count). The predicted octanol–water partition coefficient (Wildman–Crippen LogP) is -0.635. The molecule has 2 heterocycles. The molecule has 12 nitrogen and oxygen atoms in total. The molecule has 2 bridgehead atoms. The summed E-state index contributed by atoms with van der Waals surface area (Å²) < 4.78 is 32.8. The molecule has 0 aromatic heterocycles. The first kappa shape index (κ1) is 24.5. The lowest BCUT2D eigenvalue weighted by atomic mass is 9.91. The van der Waals surface area contributed by atoms with Crippen LogP contribution in [0.1, 0.15) is 41.0 Å². The molecule has 0 spiro atoms. The maximum Gasteiger partial charge on any atom is 0.303 e. The second-order valence-electron chi connectivity index (χ2n) is 7.38. The van der Waals surface area contributed by atoms with Crippen LogP contribution in [0.15, 0.2) is 0 Å². The van der Waals surface area contributed by atoms with Crippen molar-refractivity contribution in [3.8, 4) is 0 Å². The number of nitrogens with one attached hydrogen (secondary N) is 1. The van der Waals surface area contributed by atoms with Crippen LogP contribution >= 0.6 is 0 Å². The minimum absolute atomic E-state index is 0.0713. The van der Waals surface area contributed by atoms with Gasteiger partial charge in [0, 0.05) is 41.0 Å². The molecule has 31 heavy (non-hydrogen) atoms. The highest BCUT2D eigenvalue weighted by Crippen LogP contribution is 2.43. The smallest absolute Gasteiger partial charge is 0.303 e. The van der Waals surface area contributed by atoms with Crippen molar-refractivity contribution in [1.82, 2.24) is 5.32 Å². The molecule has 2 aliphatic rings. The third-order valence-corrected chi connectivity index (χ3v) is 4.61. The van der Waals surface area contributed by atoms with Crippen LogP contribution in [0.3, 0.4) is 0 Å². The van der Waals surface area contributed by atoms with Crippen LogP contribution < -0.4 is 5.32 Å². The first-order chi connectivity index (χ1) is 14.4. The van der Waals surface area contributed by atoms with E-state index in [1.54, 1.807) is 0 Å². The van der Waals surface area contributed by atoms with Crippen molar-refractivity contribution < 1.29 is 52.4 Å². The summed E-state index contributed by atoms with van der Waals surface area (Å²) >= 11 is 0. The monoisotopic (exact) mass is 445 g/mol. The number of amides is 1. The van der Waals surface area contributed by atoms with Crippen LogP contribution in [0, 0.1) is 0 Å².